The van der Waals surface area contributed by atoms with Crippen LogP contribution in [-0.4, -0.2) is 21.3 Å². The fourth-order valence-electron chi connectivity index (χ4n) is 3.59. The van der Waals surface area contributed by atoms with Gasteiger partial charge in [-0.2, -0.15) is 0 Å². The molecule has 0 fully saturated rings. The number of hydrogen-bond donors (Lipinski definition) is 0. The summed E-state index contributed by atoms with van der Waals surface area (Å²) in [4.78, 5) is 0. The highest BCUT2D eigenvalue weighted by atomic mass is 16.5. The van der Waals surface area contributed by atoms with Crippen molar-refractivity contribution in [1.29, 1.82) is 0 Å². The Balaban J connectivity index is 2.21. The Morgan fingerprint density at radius 1 is 0.903 bits per heavy atom. The summed E-state index contributed by atoms with van der Waals surface area (Å²) in [7, 11) is 4.95. The van der Waals surface area contributed by atoms with Crippen molar-refractivity contribution >= 4 is 23.8 Å². The minimum atomic E-state index is 0.675. The first kappa shape index (κ1) is 22.0. The van der Waals surface area contributed by atoms with E-state index in [1.54, 1.807) is 33.9 Å². The van der Waals surface area contributed by atoms with Gasteiger partial charge in [0.1, 0.15) is 5.75 Å². The number of allylic oxidation sites excluding steroid dienone is 2. The molecular weight excluding hydrogens is 388 g/mol. The van der Waals surface area contributed by atoms with E-state index in [0.717, 1.165) is 44.7 Å². The first-order valence-electron chi connectivity index (χ1n) is 10.0. The zero-order valence-electron chi connectivity index (χ0n) is 18.7. The van der Waals surface area contributed by atoms with Gasteiger partial charge in [0.15, 0.2) is 11.5 Å². The highest BCUT2D eigenvalue weighted by molar-refractivity contribution is 5.89. The summed E-state index contributed by atoms with van der Waals surface area (Å²) < 4.78 is 21.9. The molecule has 160 valence electrons. The van der Waals surface area contributed by atoms with Gasteiger partial charge in [-0.1, -0.05) is 30.9 Å². The standard InChI is InChI=1S/C27H28O4/c1-7-9-20-14-25(28-4)24(21-10-11-31-17-21)16-23(20)18(3)12-22-15-27(30-6)26(29-5)13-19(22)8-2/h7-17H,2H2,1,3-6H3/b9-7-,18-12+. The first-order chi connectivity index (χ1) is 15.1. The van der Waals surface area contributed by atoms with Gasteiger partial charge in [0.05, 0.1) is 33.9 Å². The summed E-state index contributed by atoms with van der Waals surface area (Å²) in [5, 5.41) is 0. The third-order valence-corrected chi connectivity index (χ3v) is 5.16. The summed E-state index contributed by atoms with van der Waals surface area (Å²) in [6.07, 6.45) is 11.4. The van der Waals surface area contributed by atoms with Gasteiger partial charge in [-0.15, -0.1) is 0 Å². The Labute approximate surface area is 184 Å². The van der Waals surface area contributed by atoms with Crippen LogP contribution in [0.15, 0.2) is 59.9 Å². The van der Waals surface area contributed by atoms with Gasteiger partial charge in [0.25, 0.3) is 0 Å². The second kappa shape index (κ2) is 9.90. The largest absolute Gasteiger partial charge is 0.496 e. The maximum Gasteiger partial charge on any atom is 0.161 e. The molecule has 0 aliphatic heterocycles. The third-order valence-electron chi connectivity index (χ3n) is 5.16. The van der Waals surface area contributed by atoms with Crippen molar-refractivity contribution in [1.82, 2.24) is 0 Å². The molecule has 3 aromatic rings. The number of furan rings is 1. The van der Waals surface area contributed by atoms with Crippen molar-refractivity contribution in [2.45, 2.75) is 13.8 Å². The molecule has 0 spiro atoms. The Hall–Kier alpha value is -3.66. The summed E-state index contributed by atoms with van der Waals surface area (Å²) in [6, 6.07) is 10.0. The van der Waals surface area contributed by atoms with Crippen LogP contribution in [0.3, 0.4) is 0 Å². The van der Waals surface area contributed by atoms with Crippen LogP contribution < -0.4 is 14.2 Å². The Kier molecular flexibility index (Phi) is 7.03. The van der Waals surface area contributed by atoms with Crippen LogP contribution in [0.2, 0.25) is 0 Å². The Morgan fingerprint density at radius 3 is 2.10 bits per heavy atom. The van der Waals surface area contributed by atoms with Crippen molar-refractivity contribution < 1.29 is 18.6 Å². The van der Waals surface area contributed by atoms with Crippen LogP contribution in [0.1, 0.15) is 36.1 Å². The topological polar surface area (TPSA) is 40.8 Å². The molecule has 0 aliphatic carbocycles. The lowest BCUT2D eigenvalue weighted by Crippen LogP contribution is -1.95. The number of rotatable bonds is 8. The van der Waals surface area contributed by atoms with Gasteiger partial charge >= 0.3 is 0 Å². The Morgan fingerprint density at radius 2 is 1.55 bits per heavy atom. The van der Waals surface area contributed by atoms with E-state index >= 15 is 0 Å². The Bertz CT molecular complexity index is 1120. The second-order valence-electron chi connectivity index (χ2n) is 7.02. The second-order valence-corrected chi connectivity index (χ2v) is 7.02. The summed E-state index contributed by atoms with van der Waals surface area (Å²) in [5.74, 6) is 2.15. The zero-order valence-corrected chi connectivity index (χ0v) is 18.7. The first-order valence-corrected chi connectivity index (χ1v) is 10.0. The zero-order chi connectivity index (χ0) is 22.4. The molecule has 0 bridgehead atoms. The highest BCUT2D eigenvalue weighted by Crippen LogP contribution is 2.38. The molecule has 0 amide bonds. The van der Waals surface area contributed by atoms with E-state index in [1.807, 2.05) is 37.3 Å². The molecule has 0 N–H and O–H groups in total. The van der Waals surface area contributed by atoms with Crippen LogP contribution in [0.4, 0.5) is 0 Å². The van der Waals surface area contributed by atoms with Crippen LogP contribution in [-0.2, 0) is 0 Å². The number of methoxy groups -OCH3 is 3. The van der Waals surface area contributed by atoms with E-state index in [-0.39, 0.29) is 0 Å². The van der Waals surface area contributed by atoms with Gasteiger partial charge in [-0.25, -0.2) is 0 Å². The number of ether oxygens (including phenoxy) is 3. The van der Waals surface area contributed by atoms with E-state index in [9.17, 15) is 0 Å². The van der Waals surface area contributed by atoms with Crippen LogP contribution in [0.25, 0.3) is 34.9 Å². The SMILES string of the molecule is C=Cc1cc(OC)c(OC)cc1/C=C(\C)c1cc(-c2ccoc2)c(OC)cc1/C=C\C. The molecule has 0 unspecified atom stereocenters. The molecule has 0 saturated heterocycles. The van der Waals surface area contributed by atoms with Gasteiger partial charge in [-0.3, -0.25) is 0 Å². The van der Waals surface area contributed by atoms with Gasteiger partial charge < -0.3 is 18.6 Å². The molecule has 4 heteroatoms. The van der Waals surface area contributed by atoms with Gasteiger partial charge in [-0.05, 0) is 72.0 Å². The average molecular weight is 417 g/mol. The monoisotopic (exact) mass is 416 g/mol. The quantitative estimate of drug-likeness (QED) is 0.364. The molecule has 0 aliphatic rings. The minimum Gasteiger partial charge on any atom is -0.496 e. The smallest absolute Gasteiger partial charge is 0.161 e. The fraction of sp³-hybridized carbons (Fsp3) is 0.185. The summed E-state index contributed by atoms with van der Waals surface area (Å²) in [6.45, 7) is 8.05. The fourth-order valence-corrected chi connectivity index (χ4v) is 3.59. The van der Waals surface area contributed by atoms with E-state index in [4.69, 9.17) is 18.6 Å². The van der Waals surface area contributed by atoms with Crippen molar-refractivity contribution in [3.8, 4) is 28.4 Å². The molecule has 1 aromatic heterocycles. The molecule has 0 radical (unpaired) electrons. The van der Waals surface area contributed by atoms with Crippen LogP contribution in [0.5, 0.6) is 17.2 Å². The van der Waals surface area contributed by atoms with Crippen molar-refractivity contribution in [2.75, 3.05) is 21.3 Å². The molecular formula is C27H28O4. The van der Waals surface area contributed by atoms with E-state index in [1.165, 1.54) is 0 Å². The predicted octanol–water partition coefficient (Wildman–Crippen LogP) is 7.21. The lowest BCUT2D eigenvalue weighted by atomic mass is 9.93. The van der Waals surface area contributed by atoms with Gasteiger partial charge in [0.2, 0.25) is 0 Å². The minimum absolute atomic E-state index is 0.675. The predicted molar refractivity (Wildman–Crippen MR) is 129 cm³/mol. The number of hydrogen-bond acceptors (Lipinski definition) is 4. The maximum absolute atomic E-state index is 5.66. The third kappa shape index (κ3) is 4.58. The lowest BCUT2D eigenvalue weighted by molar-refractivity contribution is 0.355. The highest BCUT2D eigenvalue weighted by Gasteiger charge is 2.14. The molecule has 2 aromatic carbocycles. The molecule has 0 atom stereocenters. The molecule has 3 rings (SSSR count). The van der Waals surface area contributed by atoms with Crippen LogP contribution >= 0.6 is 0 Å². The van der Waals surface area contributed by atoms with Crippen molar-refractivity contribution in [3.63, 3.8) is 0 Å². The average Bonchev–Trinajstić information content (AvgIpc) is 3.33. The summed E-state index contributed by atoms with van der Waals surface area (Å²) >= 11 is 0. The summed E-state index contributed by atoms with van der Waals surface area (Å²) in [5.41, 5.74) is 7.17. The van der Waals surface area contributed by atoms with E-state index in [0.29, 0.717) is 11.5 Å². The number of benzene rings is 2. The maximum atomic E-state index is 5.66. The van der Waals surface area contributed by atoms with E-state index in [2.05, 4.69) is 37.8 Å². The van der Waals surface area contributed by atoms with E-state index < -0.39 is 0 Å². The van der Waals surface area contributed by atoms with Gasteiger partial charge in [0, 0.05) is 11.1 Å². The molecule has 4 nitrogen and oxygen atoms in total. The van der Waals surface area contributed by atoms with Crippen molar-refractivity contribution in [2.24, 2.45) is 0 Å². The lowest BCUT2D eigenvalue weighted by Gasteiger charge is -2.15. The van der Waals surface area contributed by atoms with Crippen LogP contribution in [0, 0.1) is 0 Å². The molecule has 0 saturated carbocycles. The van der Waals surface area contributed by atoms with Crippen molar-refractivity contribution in [3.05, 3.63) is 77.8 Å². The molecule has 31 heavy (non-hydrogen) atoms. The molecule has 1 heterocycles. The normalized spacial score (nSPS) is 11.6.